The molecule has 7 heteroatoms. The Hall–Kier alpha value is -1.89. The van der Waals surface area contributed by atoms with E-state index >= 15 is 0 Å². The molecule has 1 aromatic rings. The monoisotopic (exact) mass is 351 g/mol. The second kappa shape index (κ2) is 7.99. The lowest BCUT2D eigenvalue weighted by atomic mass is 10.0. The Bertz CT molecular complexity index is 618. The molecule has 0 amide bonds. The SMILES string of the molecule is COc1cc(N2CCCC(N3CCCCCC3)C2)c([N+](=O)[O-])cc1F. The summed E-state index contributed by atoms with van der Waals surface area (Å²) in [5, 5.41) is 11.4. The highest BCUT2D eigenvalue weighted by atomic mass is 19.1. The predicted molar refractivity (Wildman–Crippen MR) is 94.9 cm³/mol. The molecule has 2 fully saturated rings. The molecule has 0 saturated carbocycles. The van der Waals surface area contributed by atoms with E-state index in [1.54, 1.807) is 0 Å². The molecular formula is C18H26FN3O3. The first-order valence-electron chi connectivity index (χ1n) is 9.11. The van der Waals surface area contributed by atoms with Crippen LogP contribution in [0.5, 0.6) is 5.75 Å². The molecule has 0 aromatic heterocycles. The molecule has 6 nitrogen and oxygen atoms in total. The number of likely N-dealkylation sites (tertiary alicyclic amines) is 1. The molecule has 2 saturated heterocycles. The maximum absolute atomic E-state index is 13.9. The minimum absolute atomic E-state index is 0.0532. The lowest BCUT2D eigenvalue weighted by Crippen LogP contribution is -2.48. The summed E-state index contributed by atoms with van der Waals surface area (Å²) >= 11 is 0. The van der Waals surface area contributed by atoms with E-state index in [-0.39, 0.29) is 11.4 Å². The Morgan fingerprint density at radius 2 is 1.88 bits per heavy atom. The van der Waals surface area contributed by atoms with Gasteiger partial charge in [-0.1, -0.05) is 12.8 Å². The Morgan fingerprint density at radius 1 is 1.16 bits per heavy atom. The van der Waals surface area contributed by atoms with Gasteiger partial charge in [-0.15, -0.1) is 0 Å². The summed E-state index contributed by atoms with van der Waals surface area (Å²) in [4.78, 5) is 15.5. The summed E-state index contributed by atoms with van der Waals surface area (Å²) in [5.41, 5.74) is 0.276. The van der Waals surface area contributed by atoms with Crippen molar-refractivity contribution in [2.45, 2.75) is 44.6 Å². The molecule has 2 heterocycles. The first-order valence-corrected chi connectivity index (χ1v) is 9.11. The molecule has 0 N–H and O–H groups in total. The van der Waals surface area contributed by atoms with E-state index in [0.29, 0.717) is 11.7 Å². The highest BCUT2D eigenvalue weighted by Crippen LogP contribution is 2.36. The van der Waals surface area contributed by atoms with Gasteiger partial charge in [-0.25, -0.2) is 4.39 Å². The minimum atomic E-state index is -0.695. The van der Waals surface area contributed by atoms with Crippen molar-refractivity contribution in [1.82, 2.24) is 4.90 Å². The van der Waals surface area contributed by atoms with Crippen molar-refractivity contribution in [2.75, 3.05) is 38.2 Å². The number of rotatable bonds is 4. The Morgan fingerprint density at radius 3 is 2.52 bits per heavy atom. The molecule has 138 valence electrons. The van der Waals surface area contributed by atoms with Crippen molar-refractivity contribution in [2.24, 2.45) is 0 Å². The van der Waals surface area contributed by atoms with Crippen molar-refractivity contribution >= 4 is 11.4 Å². The fourth-order valence-electron chi connectivity index (χ4n) is 4.02. The zero-order valence-corrected chi connectivity index (χ0v) is 14.7. The van der Waals surface area contributed by atoms with Crippen molar-refractivity contribution < 1.29 is 14.1 Å². The summed E-state index contributed by atoms with van der Waals surface area (Å²) < 4.78 is 19.0. The molecule has 0 bridgehead atoms. The highest BCUT2D eigenvalue weighted by molar-refractivity contribution is 5.66. The summed E-state index contributed by atoms with van der Waals surface area (Å²) in [6.07, 6.45) is 7.11. The number of hydrogen-bond donors (Lipinski definition) is 0. The summed E-state index contributed by atoms with van der Waals surface area (Å²) in [6.45, 7) is 3.70. The Balaban J connectivity index is 1.84. The van der Waals surface area contributed by atoms with Gasteiger partial charge in [0.15, 0.2) is 11.6 Å². The van der Waals surface area contributed by atoms with Gasteiger partial charge in [0, 0.05) is 25.2 Å². The van der Waals surface area contributed by atoms with Crippen molar-refractivity contribution in [3.8, 4) is 5.75 Å². The molecule has 25 heavy (non-hydrogen) atoms. The molecule has 2 aliphatic rings. The molecule has 0 spiro atoms. The lowest BCUT2D eigenvalue weighted by molar-refractivity contribution is -0.384. The van der Waals surface area contributed by atoms with Crippen molar-refractivity contribution in [1.29, 1.82) is 0 Å². The van der Waals surface area contributed by atoms with Crippen LogP contribution < -0.4 is 9.64 Å². The van der Waals surface area contributed by atoms with Crippen LogP contribution in [0.15, 0.2) is 12.1 Å². The number of ether oxygens (including phenoxy) is 1. The van der Waals surface area contributed by atoms with Crippen molar-refractivity contribution in [3.63, 3.8) is 0 Å². The van der Waals surface area contributed by atoms with Gasteiger partial charge in [0.2, 0.25) is 0 Å². The van der Waals surface area contributed by atoms with Gasteiger partial charge in [-0.3, -0.25) is 15.0 Å². The average Bonchev–Trinajstić information content (AvgIpc) is 2.91. The number of halogens is 1. The maximum atomic E-state index is 13.9. The number of hydrogen-bond acceptors (Lipinski definition) is 5. The number of nitrogens with zero attached hydrogens (tertiary/aromatic N) is 3. The molecule has 2 aliphatic heterocycles. The third-order valence-corrected chi connectivity index (χ3v) is 5.34. The zero-order valence-electron chi connectivity index (χ0n) is 14.7. The van der Waals surface area contributed by atoms with E-state index in [4.69, 9.17) is 4.74 Å². The smallest absolute Gasteiger partial charge is 0.295 e. The average molecular weight is 351 g/mol. The number of nitro benzene ring substituents is 1. The van der Waals surface area contributed by atoms with Gasteiger partial charge in [-0.2, -0.15) is 0 Å². The Kier molecular flexibility index (Phi) is 5.73. The van der Waals surface area contributed by atoms with E-state index in [0.717, 1.165) is 45.1 Å². The number of nitro groups is 1. The van der Waals surface area contributed by atoms with Crippen LogP contribution in [-0.2, 0) is 0 Å². The molecule has 1 aromatic carbocycles. The highest BCUT2D eigenvalue weighted by Gasteiger charge is 2.30. The maximum Gasteiger partial charge on any atom is 0.295 e. The number of methoxy groups -OCH3 is 1. The van der Waals surface area contributed by atoms with Gasteiger partial charge in [-0.05, 0) is 38.8 Å². The number of benzene rings is 1. The fraction of sp³-hybridized carbons (Fsp3) is 0.667. The molecule has 1 unspecified atom stereocenters. The first kappa shape index (κ1) is 17.9. The number of piperidine rings is 1. The standard InChI is InChI=1S/C18H26FN3O3/c1-25-18-12-16(17(22(23)24)11-15(18)19)21-10-6-7-14(13-21)20-8-4-2-3-5-9-20/h11-12,14H,2-10,13H2,1H3. The largest absolute Gasteiger partial charge is 0.494 e. The van der Waals surface area contributed by atoms with Gasteiger partial charge >= 0.3 is 0 Å². The van der Waals surface area contributed by atoms with Crippen LogP contribution in [0.4, 0.5) is 15.8 Å². The molecule has 3 rings (SSSR count). The van der Waals surface area contributed by atoms with E-state index in [9.17, 15) is 14.5 Å². The molecule has 0 aliphatic carbocycles. The van der Waals surface area contributed by atoms with E-state index in [1.165, 1.54) is 38.9 Å². The third-order valence-electron chi connectivity index (χ3n) is 5.34. The van der Waals surface area contributed by atoms with E-state index < -0.39 is 10.7 Å². The van der Waals surface area contributed by atoms with Gasteiger partial charge in [0.05, 0.1) is 18.1 Å². The van der Waals surface area contributed by atoms with Crippen LogP contribution in [0, 0.1) is 15.9 Å². The summed E-state index contributed by atoms with van der Waals surface area (Å²) in [7, 11) is 1.38. The summed E-state index contributed by atoms with van der Waals surface area (Å²) in [6, 6.07) is 2.85. The minimum Gasteiger partial charge on any atom is -0.494 e. The van der Waals surface area contributed by atoms with Crippen LogP contribution in [0.25, 0.3) is 0 Å². The van der Waals surface area contributed by atoms with Crippen LogP contribution >= 0.6 is 0 Å². The predicted octanol–water partition coefficient (Wildman–Crippen LogP) is 3.59. The van der Waals surface area contributed by atoms with Crippen LogP contribution in [0.1, 0.15) is 38.5 Å². The van der Waals surface area contributed by atoms with E-state index in [1.807, 2.05) is 4.90 Å². The van der Waals surface area contributed by atoms with Crippen LogP contribution in [0.2, 0.25) is 0 Å². The quantitative estimate of drug-likeness (QED) is 0.613. The van der Waals surface area contributed by atoms with Gasteiger partial charge in [0.25, 0.3) is 5.69 Å². The second-order valence-corrected chi connectivity index (χ2v) is 6.92. The first-order chi connectivity index (χ1) is 12.1. The molecule has 1 atom stereocenters. The Labute approximate surface area is 147 Å². The fourth-order valence-corrected chi connectivity index (χ4v) is 4.02. The number of anilines is 1. The topological polar surface area (TPSA) is 58.8 Å². The summed E-state index contributed by atoms with van der Waals surface area (Å²) in [5.74, 6) is -0.642. The van der Waals surface area contributed by atoms with Gasteiger partial charge < -0.3 is 9.64 Å². The second-order valence-electron chi connectivity index (χ2n) is 6.92. The normalized spacial score (nSPS) is 22.5. The van der Waals surface area contributed by atoms with Gasteiger partial charge in [0.1, 0.15) is 5.69 Å². The van der Waals surface area contributed by atoms with E-state index in [2.05, 4.69) is 4.90 Å². The van der Waals surface area contributed by atoms with Crippen LogP contribution in [0.3, 0.4) is 0 Å². The molecular weight excluding hydrogens is 325 g/mol. The molecule has 0 radical (unpaired) electrons. The van der Waals surface area contributed by atoms with Crippen molar-refractivity contribution in [3.05, 3.63) is 28.1 Å². The third kappa shape index (κ3) is 4.03. The van der Waals surface area contributed by atoms with Crippen LogP contribution in [-0.4, -0.2) is 49.2 Å². The lowest BCUT2D eigenvalue weighted by Gasteiger charge is -2.40. The zero-order chi connectivity index (χ0) is 17.8.